The molecule has 1 N–H and O–H groups in total. The molecule has 0 saturated carbocycles. The van der Waals surface area contributed by atoms with Crippen molar-refractivity contribution in [3.05, 3.63) is 63.4 Å². The summed E-state index contributed by atoms with van der Waals surface area (Å²) in [6.45, 7) is 1.75. The third-order valence-electron chi connectivity index (χ3n) is 3.70. The standard InChI is InChI=1S/C18H18Cl2FNO2/c1-11(13-9-16(21)15(20)10-14(13)19)22-18(23)8-7-12-5-3-4-6-17(12)24-2/h3-6,9-11H,7-8H2,1-2H3,(H,22,23). The number of aryl methyl sites for hydroxylation is 1. The third-order valence-corrected chi connectivity index (χ3v) is 4.31. The van der Waals surface area contributed by atoms with Gasteiger partial charge in [0.1, 0.15) is 11.6 Å². The summed E-state index contributed by atoms with van der Waals surface area (Å²) in [7, 11) is 1.60. The van der Waals surface area contributed by atoms with Gasteiger partial charge in [-0.05, 0) is 42.7 Å². The lowest BCUT2D eigenvalue weighted by Crippen LogP contribution is -2.27. The van der Waals surface area contributed by atoms with Crippen LogP contribution in [0.15, 0.2) is 36.4 Å². The number of nitrogens with one attached hydrogen (secondary N) is 1. The predicted molar refractivity (Wildman–Crippen MR) is 94.3 cm³/mol. The maximum absolute atomic E-state index is 13.6. The molecule has 1 amide bonds. The van der Waals surface area contributed by atoms with Crippen molar-refractivity contribution >= 4 is 29.1 Å². The summed E-state index contributed by atoms with van der Waals surface area (Å²) >= 11 is 11.8. The summed E-state index contributed by atoms with van der Waals surface area (Å²) in [5.41, 5.74) is 1.45. The lowest BCUT2D eigenvalue weighted by Gasteiger charge is -2.16. The molecule has 6 heteroatoms. The van der Waals surface area contributed by atoms with E-state index in [1.165, 1.54) is 12.1 Å². The van der Waals surface area contributed by atoms with E-state index < -0.39 is 11.9 Å². The Kier molecular flexibility index (Phi) is 6.46. The molecule has 0 radical (unpaired) electrons. The maximum atomic E-state index is 13.6. The van der Waals surface area contributed by atoms with Crippen LogP contribution in [0.5, 0.6) is 5.75 Å². The van der Waals surface area contributed by atoms with Crippen LogP contribution in [0.1, 0.15) is 30.5 Å². The van der Waals surface area contributed by atoms with E-state index in [-0.39, 0.29) is 10.9 Å². The highest BCUT2D eigenvalue weighted by molar-refractivity contribution is 6.35. The van der Waals surface area contributed by atoms with Crippen LogP contribution in [-0.2, 0) is 11.2 Å². The van der Waals surface area contributed by atoms with Gasteiger partial charge in [0.15, 0.2) is 0 Å². The second-order valence-corrected chi connectivity index (χ2v) is 6.20. The molecule has 0 aliphatic rings. The quantitative estimate of drug-likeness (QED) is 0.731. The van der Waals surface area contributed by atoms with E-state index in [1.807, 2.05) is 24.3 Å². The van der Waals surface area contributed by atoms with Crippen LogP contribution >= 0.6 is 23.2 Å². The van der Waals surface area contributed by atoms with Gasteiger partial charge in [-0.2, -0.15) is 0 Å². The number of halogens is 3. The Morgan fingerprint density at radius 2 is 1.96 bits per heavy atom. The zero-order valence-electron chi connectivity index (χ0n) is 13.4. The van der Waals surface area contributed by atoms with Gasteiger partial charge in [0.05, 0.1) is 18.2 Å². The van der Waals surface area contributed by atoms with Gasteiger partial charge in [0.25, 0.3) is 0 Å². The van der Waals surface area contributed by atoms with E-state index in [0.29, 0.717) is 23.4 Å². The molecule has 24 heavy (non-hydrogen) atoms. The normalized spacial score (nSPS) is 11.9. The molecule has 0 heterocycles. The summed E-state index contributed by atoms with van der Waals surface area (Å²) in [6, 6.07) is 9.71. The molecule has 0 aromatic heterocycles. The Hall–Kier alpha value is -1.78. The fraction of sp³-hybridized carbons (Fsp3) is 0.278. The van der Waals surface area contributed by atoms with Gasteiger partial charge in [-0.15, -0.1) is 0 Å². The minimum Gasteiger partial charge on any atom is -0.496 e. The number of benzene rings is 2. The molecule has 0 bridgehead atoms. The number of hydrogen-bond acceptors (Lipinski definition) is 2. The summed E-state index contributed by atoms with van der Waals surface area (Å²) in [5.74, 6) is 0.0344. The molecule has 0 aliphatic heterocycles. The highest BCUT2D eigenvalue weighted by Crippen LogP contribution is 2.28. The number of carbonyl (C=O) groups excluding carboxylic acids is 1. The number of hydrogen-bond donors (Lipinski definition) is 1. The Bertz CT molecular complexity index is 737. The number of para-hydroxylation sites is 1. The minimum absolute atomic E-state index is 0.0431. The molecule has 0 fully saturated rings. The average molecular weight is 370 g/mol. The fourth-order valence-electron chi connectivity index (χ4n) is 2.42. The molecule has 0 saturated heterocycles. The molecule has 0 spiro atoms. The molecular weight excluding hydrogens is 352 g/mol. The first-order valence-electron chi connectivity index (χ1n) is 7.48. The highest BCUT2D eigenvalue weighted by atomic mass is 35.5. The van der Waals surface area contributed by atoms with E-state index in [9.17, 15) is 9.18 Å². The van der Waals surface area contributed by atoms with Crippen LogP contribution in [0.25, 0.3) is 0 Å². The molecule has 128 valence electrons. The SMILES string of the molecule is COc1ccccc1CCC(=O)NC(C)c1cc(F)c(Cl)cc1Cl. The molecule has 1 atom stereocenters. The van der Waals surface area contributed by atoms with Crippen LogP contribution in [0.3, 0.4) is 0 Å². The number of carbonyl (C=O) groups is 1. The molecule has 0 aliphatic carbocycles. The van der Waals surface area contributed by atoms with E-state index in [1.54, 1.807) is 14.0 Å². The van der Waals surface area contributed by atoms with Crippen molar-refractivity contribution in [2.45, 2.75) is 25.8 Å². The first kappa shape index (κ1) is 18.6. The van der Waals surface area contributed by atoms with Gasteiger partial charge in [0, 0.05) is 11.4 Å². The van der Waals surface area contributed by atoms with E-state index in [2.05, 4.69) is 5.32 Å². The van der Waals surface area contributed by atoms with Crippen LogP contribution in [-0.4, -0.2) is 13.0 Å². The van der Waals surface area contributed by atoms with Crippen LogP contribution in [0.2, 0.25) is 10.0 Å². The Morgan fingerprint density at radius 1 is 1.25 bits per heavy atom. The second-order valence-electron chi connectivity index (χ2n) is 5.39. The van der Waals surface area contributed by atoms with Crippen molar-refractivity contribution in [1.82, 2.24) is 5.32 Å². The Morgan fingerprint density at radius 3 is 2.67 bits per heavy atom. The molecule has 2 aromatic carbocycles. The van der Waals surface area contributed by atoms with Crippen molar-refractivity contribution in [2.24, 2.45) is 0 Å². The Balaban J connectivity index is 1.98. The van der Waals surface area contributed by atoms with Crippen LogP contribution in [0, 0.1) is 5.82 Å². The smallest absolute Gasteiger partial charge is 0.220 e. The minimum atomic E-state index is -0.564. The largest absolute Gasteiger partial charge is 0.496 e. The molecule has 3 nitrogen and oxygen atoms in total. The summed E-state index contributed by atoms with van der Waals surface area (Å²) < 4.78 is 18.9. The van der Waals surface area contributed by atoms with E-state index in [4.69, 9.17) is 27.9 Å². The first-order chi connectivity index (χ1) is 11.4. The zero-order valence-corrected chi connectivity index (χ0v) is 14.9. The van der Waals surface area contributed by atoms with Gasteiger partial charge < -0.3 is 10.1 Å². The van der Waals surface area contributed by atoms with Crippen molar-refractivity contribution < 1.29 is 13.9 Å². The average Bonchev–Trinajstić information content (AvgIpc) is 2.56. The lowest BCUT2D eigenvalue weighted by atomic mass is 10.1. The highest BCUT2D eigenvalue weighted by Gasteiger charge is 2.16. The van der Waals surface area contributed by atoms with Crippen molar-refractivity contribution in [2.75, 3.05) is 7.11 Å². The Labute approximate surface area is 150 Å². The number of rotatable bonds is 6. The van der Waals surface area contributed by atoms with Crippen LogP contribution < -0.4 is 10.1 Å². The van der Waals surface area contributed by atoms with E-state index in [0.717, 1.165) is 11.3 Å². The van der Waals surface area contributed by atoms with Crippen molar-refractivity contribution in [3.8, 4) is 5.75 Å². The lowest BCUT2D eigenvalue weighted by molar-refractivity contribution is -0.121. The topological polar surface area (TPSA) is 38.3 Å². The monoisotopic (exact) mass is 369 g/mol. The number of methoxy groups -OCH3 is 1. The number of amides is 1. The molecule has 2 rings (SSSR count). The van der Waals surface area contributed by atoms with Gasteiger partial charge in [0.2, 0.25) is 5.91 Å². The maximum Gasteiger partial charge on any atom is 0.220 e. The van der Waals surface area contributed by atoms with Crippen molar-refractivity contribution in [1.29, 1.82) is 0 Å². The number of ether oxygens (including phenoxy) is 1. The second kappa shape index (κ2) is 8.36. The summed E-state index contributed by atoms with van der Waals surface area (Å²) in [5, 5.41) is 3.09. The summed E-state index contributed by atoms with van der Waals surface area (Å²) in [4.78, 5) is 12.1. The third kappa shape index (κ3) is 4.62. The van der Waals surface area contributed by atoms with Crippen LogP contribution in [0.4, 0.5) is 4.39 Å². The van der Waals surface area contributed by atoms with E-state index >= 15 is 0 Å². The molecule has 2 aromatic rings. The molecule has 1 unspecified atom stereocenters. The fourth-order valence-corrected chi connectivity index (χ4v) is 2.97. The zero-order chi connectivity index (χ0) is 17.7. The first-order valence-corrected chi connectivity index (χ1v) is 8.23. The van der Waals surface area contributed by atoms with Crippen molar-refractivity contribution in [3.63, 3.8) is 0 Å². The van der Waals surface area contributed by atoms with Gasteiger partial charge in [-0.3, -0.25) is 4.79 Å². The van der Waals surface area contributed by atoms with Gasteiger partial charge in [-0.1, -0.05) is 41.4 Å². The summed E-state index contributed by atoms with van der Waals surface area (Å²) in [6.07, 6.45) is 0.837. The van der Waals surface area contributed by atoms with Gasteiger partial charge >= 0.3 is 0 Å². The molecular formula is C18H18Cl2FNO2. The van der Waals surface area contributed by atoms with Gasteiger partial charge in [-0.25, -0.2) is 4.39 Å². The predicted octanol–water partition coefficient (Wildman–Crippen LogP) is 4.95.